The molecule has 0 aromatic carbocycles. The molecule has 0 bridgehead atoms. The molecular weight excluding hydrogens is 170 g/mol. The van der Waals surface area contributed by atoms with Crippen molar-refractivity contribution < 1.29 is 15.0 Å². The van der Waals surface area contributed by atoms with Crippen molar-refractivity contribution in [3.8, 4) is 0 Å². The van der Waals surface area contributed by atoms with E-state index in [9.17, 15) is 4.79 Å². The highest BCUT2D eigenvalue weighted by molar-refractivity contribution is 5.75. The molecule has 0 aliphatic rings. The second-order valence-corrected chi connectivity index (χ2v) is 3.30. The van der Waals surface area contributed by atoms with Crippen molar-refractivity contribution in [3.05, 3.63) is 0 Å². The molecule has 0 aromatic rings. The lowest BCUT2D eigenvalue weighted by atomic mass is 10.2. The molecule has 0 spiro atoms. The van der Waals surface area contributed by atoms with E-state index in [4.69, 9.17) is 10.2 Å². The van der Waals surface area contributed by atoms with Gasteiger partial charge in [-0.25, -0.2) is 0 Å². The first-order valence-electron chi connectivity index (χ1n) is 4.60. The number of carbonyl (C=O) groups excluding carboxylic acids is 1. The molecule has 1 unspecified atom stereocenters. The lowest BCUT2D eigenvalue weighted by Crippen LogP contribution is -2.32. The zero-order valence-electron chi connectivity index (χ0n) is 8.36. The second-order valence-electron chi connectivity index (χ2n) is 3.30. The molecule has 0 saturated carbocycles. The van der Waals surface area contributed by atoms with E-state index >= 15 is 0 Å². The Morgan fingerprint density at radius 2 is 2.08 bits per heavy atom. The Kier molecular flexibility index (Phi) is 6.54. The first-order valence-corrected chi connectivity index (χ1v) is 4.60. The maximum Gasteiger partial charge on any atom is 0.222 e. The molecule has 0 fully saturated rings. The van der Waals surface area contributed by atoms with Gasteiger partial charge in [0.25, 0.3) is 0 Å². The molecule has 0 radical (unpaired) electrons. The van der Waals surface area contributed by atoms with E-state index in [2.05, 4.69) is 0 Å². The van der Waals surface area contributed by atoms with Crippen LogP contribution >= 0.6 is 0 Å². The molecule has 0 aromatic heterocycles. The van der Waals surface area contributed by atoms with Crippen LogP contribution in [-0.2, 0) is 4.79 Å². The van der Waals surface area contributed by atoms with E-state index in [0.29, 0.717) is 25.8 Å². The van der Waals surface area contributed by atoms with E-state index in [1.807, 2.05) is 0 Å². The summed E-state index contributed by atoms with van der Waals surface area (Å²) in [6.45, 7) is 2.16. The van der Waals surface area contributed by atoms with Crippen molar-refractivity contribution in [1.82, 2.24) is 4.90 Å². The maximum absolute atomic E-state index is 11.3. The monoisotopic (exact) mass is 189 g/mol. The molecule has 0 rings (SSSR count). The Bertz CT molecular complexity index is 148. The number of rotatable bonds is 6. The van der Waals surface area contributed by atoms with Crippen LogP contribution in [0.1, 0.15) is 26.2 Å². The van der Waals surface area contributed by atoms with Gasteiger partial charge in [0.05, 0.1) is 6.10 Å². The van der Waals surface area contributed by atoms with E-state index in [0.717, 1.165) is 0 Å². The average Bonchev–Trinajstić information content (AvgIpc) is 2.03. The quantitative estimate of drug-likeness (QED) is 0.578. The Balaban J connectivity index is 3.57. The lowest BCUT2D eigenvalue weighted by Gasteiger charge is -2.18. The highest BCUT2D eigenvalue weighted by atomic mass is 16.3. The van der Waals surface area contributed by atoms with Crippen LogP contribution in [0, 0.1) is 0 Å². The van der Waals surface area contributed by atoms with E-state index in [1.165, 1.54) is 4.90 Å². The zero-order valence-corrected chi connectivity index (χ0v) is 8.36. The summed E-state index contributed by atoms with van der Waals surface area (Å²) in [4.78, 5) is 12.8. The number of hydrogen-bond donors (Lipinski definition) is 2. The van der Waals surface area contributed by atoms with Gasteiger partial charge in [0.15, 0.2) is 0 Å². The first-order chi connectivity index (χ1) is 6.07. The lowest BCUT2D eigenvalue weighted by molar-refractivity contribution is -0.131. The summed E-state index contributed by atoms with van der Waals surface area (Å²) >= 11 is 0. The summed E-state index contributed by atoms with van der Waals surface area (Å²) in [5.74, 6) is 0.0225. The summed E-state index contributed by atoms with van der Waals surface area (Å²) in [6, 6.07) is 0. The predicted octanol–water partition coefficient (Wildman–Crippen LogP) is -0.0118. The van der Waals surface area contributed by atoms with Crippen LogP contribution in [0.5, 0.6) is 0 Å². The molecule has 2 N–H and O–H groups in total. The van der Waals surface area contributed by atoms with Crippen molar-refractivity contribution >= 4 is 5.91 Å². The number of hydrogen-bond acceptors (Lipinski definition) is 3. The highest BCUT2D eigenvalue weighted by Crippen LogP contribution is 1.99. The third-order valence-electron chi connectivity index (χ3n) is 1.76. The van der Waals surface area contributed by atoms with E-state index < -0.39 is 6.10 Å². The maximum atomic E-state index is 11.3. The van der Waals surface area contributed by atoms with Crippen LogP contribution in [0.2, 0.25) is 0 Å². The molecule has 1 amide bonds. The molecule has 78 valence electrons. The average molecular weight is 189 g/mol. The molecule has 0 aliphatic carbocycles. The topological polar surface area (TPSA) is 60.8 Å². The summed E-state index contributed by atoms with van der Waals surface area (Å²) in [7, 11) is 1.67. The molecule has 0 saturated heterocycles. The summed E-state index contributed by atoms with van der Waals surface area (Å²) in [5.41, 5.74) is 0. The van der Waals surface area contributed by atoms with Crippen molar-refractivity contribution in [3.63, 3.8) is 0 Å². The van der Waals surface area contributed by atoms with E-state index in [-0.39, 0.29) is 12.5 Å². The summed E-state index contributed by atoms with van der Waals surface area (Å²) in [5, 5.41) is 17.5. The third kappa shape index (κ3) is 6.54. The van der Waals surface area contributed by atoms with Crippen molar-refractivity contribution in [2.75, 3.05) is 20.2 Å². The van der Waals surface area contributed by atoms with Gasteiger partial charge in [-0.05, 0) is 19.8 Å². The van der Waals surface area contributed by atoms with Crippen LogP contribution in [0.15, 0.2) is 0 Å². The van der Waals surface area contributed by atoms with Crippen LogP contribution in [-0.4, -0.2) is 47.3 Å². The number of unbranched alkanes of at least 4 members (excludes halogenated alkanes) is 1. The molecular formula is C9H19NO3. The largest absolute Gasteiger partial charge is 0.396 e. The first kappa shape index (κ1) is 12.4. The standard InChI is InChI=1S/C9H19NO3/c1-8(12)7-10(2)9(13)5-3-4-6-11/h8,11-12H,3-7H2,1-2H3. The fourth-order valence-electron chi connectivity index (χ4n) is 1.08. The van der Waals surface area contributed by atoms with Gasteiger partial charge in [-0.15, -0.1) is 0 Å². The van der Waals surface area contributed by atoms with Gasteiger partial charge < -0.3 is 15.1 Å². The number of nitrogens with zero attached hydrogens (tertiary/aromatic N) is 1. The van der Waals surface area contributed by atoms with Gasteiger partial charge >= 0.3 is 0 Å². The number of aliphatic hydroxyl groups is 2. The summed E-state index contributed by atoms with van der Waals surface area (Å²) < 4.78 is 0. The Labute approximate surface area is 79.2 Å². The smallest absolute Gasteiger partial charge is 0.222 e. The Hall–Kier alpha value is -0.610. The number of likely N-dealkylation sites (N-methyl/N-ethyl adjacent to an activating group) is 1. The van der Waals surface area contributed by atoms with E-state index in [1.54, 1.807) is 14.0 Å². The number of aliphatic hydroxyl groups excluding tert-OH is 2. The molecule has 1 atom stereocenters. The Morgan fingerprint density at radius 3 is 2.54 bits per heavy atom. The predicted molar refractivity (Wildman–Crippen MR) is 50.3 cm³/mol. The Morgan fingerprint density at radius 1 is 1.46 bits per heavy atom. The molecule has 0 aliphatic heterocycles. The minimum Gasteiger partial charge on any atom is -0.396 e. The summed E-state index contributed by atoms with van der Waals surface area (Å²) in [6.07, 6.45) is 1.34. The van der Waals surface area contributed by atoms with Gasteiger partial charge in [0.2, 0.25) is 5.91 Å². The minimum atomic E-state index is -0.480. The van der Waals surface area contributed by atoms with Gasteiger partial charge in [0, 0.05) is 26.6 Å². The zero-order chi connectivity index (χ0) is 10.3. The minimum absolute atomic E-state index is 0.0225. The SMILES string of the molecule is CC(O)CN(C)C(=O)CCCCO. The van der Waals surface area contributed by atoms with Crippen molar-refractivity contribution in [1.29, 1.82) is 0 Å². The molecule has 0 heterocycles. The molecule has 4 heteroatoms. The second kappa shape index (κ2) is 6.86. The fraction of sp³-hybridized carbons (Fsp3) is 0.889. The van der Waals surface area contributed by atoms with Crippen molar-refractivity contribution in [2.45, 2.75) is 32.3 Å². The van der Waals surface area contributed by atoms with Crippen LogP contribution in [0.3, 0.4) is 0 Å². The van der Waals surface area contributed by atoms with Gasteiger partial charge in [-0.1, -0.05) is 0 Å². The van der Waals surface area contributed by atoms with Crippen LogP contribution < -0.4 is 0 Å². The third-order valence-corrected chi connectivity index (χ3v) is 1.76. The number of carbonyl (C=O) groups is 1. The number of amides is 1. The molecule has 13 heavy (non-hydrogen) atoms. The van der Waals surface area contributed by atoms with Gasteiger partial charge in [0.1, 0.15) is 0 Å². The normalized spacial score (nSPS) is 12.6. The van der Waals surface area contributed by atoms with Gasteiger partial charge in [-0.3, -0.25) is 4.79 Å². The van der Waals surface area contributed by atoms with Crippen LogP contribution in [0.25, 0.3) is 0 Å². The van der Waals surface area contributed by atoms with Gasteiger partial charge in [-0.2, -0.15) is 0 Å². The van der Waals surface area contributed by atoms with Crippen molar-refractivity contribution in [2.24, 2.45) is 0 Å². The molecule has 4 nitrogen and oxygen atoms in total. The fourth-order valence-corrected chi connectivity index (χ4v) is 1.08. The highest BCUT2D eigenvalue weighted by Gasteiger charge is 2.09. The van der Waals surface area contributed by atoms with Crippen LogP contribution in [0.4, 0.5) is 0 Å².